The highest BCUT2D eigenvalue weighted by Gasteiger charge is 2.14. The first-order chi connectivity index (χ1) is 7.25. The van der Waals surface area contributed by atoms with Crippen molar-refractivity contribution in [1.29, 1.82) is 0 Å². The summed E-state index contributed by atoms with van der Waals surface area (Å²) in [6.45, 7) is 5.72. The van der Waals surface area contributed by atoms with E-state index in [2.05, 4.69) is 47.7 Å². The molecule has 0 aromatic heterocycles. The van der Waals surface area contributed by atoms with E-state index in [0.717, 1.165) is 11.4 Å². The van der Waals surface area contributed by atoms with Gasteiger partial charge in [-0.25, -0.2) is 0 Å². The second-order valence-corrected chi connectivity index (χ2v) is 4.69. The molecule has 0 amide bonds. The summed E-state index contributed by atoms with van der Waals surface area (Å²) >= 11 is 4.48. The van der Waals surface area contributed by atoms with Crippen molar-refractivity contribution < 1.29 is 0 Å². The molecular formula is C12H18N2S. The second kappa shape index (κ2) is 5.01. The van der Waals surface area contributed by atoms with E-state index < -0.39 is 0 Å². The minimum atomic E-state index is 1.04. The molecule has 0 unspecified atom stereocenters. The van der Waals surface area contributed by atoms with Crippen LogP contribution in [0, 0.1) is 0 Å². The zero-order valence-corrected chi connectivity index (χ0v) is 10.1. The predicted octanol–water partition coefficient (Wildman–Crippen LogP) is 1.72. The fraction of sp³-hybridized carbons (Fsp3) is 0.500. The van der Waals surface area contributed by atoms with Crippen molar-refractivity contribution in [1.82, 2.24) is 9.80 Å². The Morgan fingerprint density at radius 1 is 1.13 bits per heavy atom. The lowest BCUT2D eigenvalue weighted by Crippen LogP contribution is -2.43. The number of benzene rings is 1. The smallest absolute Gasteiger partial charge is 0.0245 e. The summed E-state index contributed by atoms with van der Waals surface area (Å²) < 4.78 is 0. The van der Waals surface area contributed by atoms with Gasteiger partial charge in [-0.1, -0.05) is 18.2 Å². The molecule has 15 heavy (non-hydrogen) atoms. The summed E-state index contributed by atoms with van der Waals surface area (Å²) in [4.78, 5) is 5.98. The minimum absolute atomic E-state index is 1.04. The van der Waals surface area contributed by atoms with Crippen molar-refractivity contribution in [3.05, 3.63) is 29.8 Å². The van der Waals surface area contributed by atoms with Crippen LogP contribution in [-0.4, -0.2) is 43.0 Å². The van der Waals surface area contributed by atoms with Gasteiger partial charge in [0.05, 0.1) is 0 Å². The molecule has 82 valence electrons. The molecule has 0 N–H and O–H groups in total. The Balaban J connectivity index is 1.95. The Hall–Kier alpha value is -0.510. The van der Waals surface area contributed by atoms with Crippen LogP contribution in [0.3, 0.4) is 0 Å². The molecule has 3 heteroatoms. The molecule has 0 radical (unpaired) electrons. The lowest BCUT2D eigenvalue weighted by molar-refractivity contribution is 0.147. The second-order valence-electron chi connectivity index (χ2n) is 4.21. The molecule has 1 aliphatic heterocycles. The van der Waals surface area contributed by atoms with Crippen LogP contribution in [0.1, 0.15) is 5.56 Å². The highest BCUT2D eigenvalue weighted by molar-refractivity contribution is 7.80. The van der Waals surface area contributed by atoms with Crippen molar-refractivity contribution >= 4 is 12.6 Å². The van der Waals surface area contributed by atoms with Gasteiger partial charge >= 0.3 is 0 Å². The largest absolute Gasteiger partial charge is 0.304 e. The van der Waals surface area contributed by atoms with E-state index in [1.807, 2.05) is 6.07 Å². The van der Waals surface area contributed by atoms with Gasteiger partial charge in [-0.05, 0) is 18.7 Å². The van der Waals surface area contributed by atoms with Crippen LogP contribution in [0.2, 0.25) is 0 Å². The Morgan fingerprint density at radius 3 is 2.47 bits per heavy atom. The van der Waals surface area contributed by atoms with E-state index >= 15 is 0 Å². The summed E-state index contributed by atoms with van der Waals surface area (Å²) in [5.74, 6) is 0. The average Bonchev–Trinajstić information content (AvgIpc) is 2.25. The van der Waals surface area contributed by atoms with Gasteiger partial charge in [0, 0.05) is 37.6 Å². The fourth-order valence-electron chi connectivity index (χ4n) is 1.89. The first kappa shape index (κ1) is 11.0. The summed E-state index contributed by atoms with van der Waals surface area (Å²) in [5.41, 5.74) is 1.34. The van der Waals surface area contributed by atoms with Crippen molar-refractivity contribution in [3.63, 3.8) is 0 Å². The fourth-order valence-corrected chi connectivity index (χ4v) is 2.12. The molecular weight excluding hydrogens is 204 g/mol. The molecule has 2 rings (SSSR count). The maximum Gasteiger partial charge on any atom is 0.0245 e. The van der Waals surface area contributed by atoms with Crippen LogP contribution in [0.25, 0.3) is 0 Å². The first-order valence-corrected chi connectivity index (χ1v) is 5.88. The monoisotopic (exact) mass is 222 g/mol. The SMILES string of the molecule is CN1CCN(Cc2ccccc2S)CC1. The number of rotatable bonds is 2. The predicted molar refractivity (Wildman–Crippen MR) is 66.5 cm³/mol. The van der Waals surface area contributed by atoms with Gasteiger partial charge in [0.25, 0.3) is 0 Å². The van der Waals surface area contributed by atoms with Gasteiger partial charge in [0.2, 0.25) is 0 Å². The van der Waals surface area contributed by atoms with E-state index in [-0.39, 0.29) is 0 Å². The Labute approximate surface area is 97.3 Å². The Kier molecular flexibility index (Phi) is 3.67. The summed E-state index contributed by atoms with van der Waals surface area (Å²) in [5, 5.41) is 0. The first-order valence-electron chi connectivity index (χ1n) is 5.43. The number of hydrogen-bond acceptors (Lipinski definition) is 3. The van der Waals surface area contributed by atoms with E-state index in [9.17, 15) is 0 Å². The van der Waals surface area contributed by atoms with E-state index in [1.54, 1.807) is 0 Å². The molecule has 0 aliphatic carbocycles. The third kappa shape index (κ3) is 2.97. The third-order valence-electron chi connectivity index (χ3n) is 2.98. The van der Waals surface area contributed by atoms with Crippen molar-refractivity contribution in [2.24, 2.45) is 0 Å². The standard InChI is InChI=1S/C12H18N2S/c1-13-6-8-14(9-7-13)10-11-4-2-3-5-12(11)15/h2-5,15H,6-10H2,1H3. The Bertz CT molecular complexity index is 319. The van der Waals surface area contributed by atoms with Gasteiger partial charge in [0.1, 0.15) is 0 Å². The summed E-state index contributed by atoms with van der Waals surface area (Å²) in [6, 6.07) is 8.36. The molecule has 1 aromatic rings. The zero-order chi connectivity index (χ0) is 10.7. The maximum absolute atomic E-state index is 4.48. The van der Waals surface area contributed by atoms with Gasteiger partial charge < -0.3 is 4.90 Å². The van der Waals surface area contributed by atoms with E-state index in [1.165, 1.54) is 31.7 Å². The summed E-state index contributed by atoms with van der Waals surface area (Å²) in [7, 11) is 2.18. The molecule has 0 saturated carbocycles. The van der Waals surface area contributed by atoms with Crippen molar-refractivity contribution in [3.8, 4) is 0 Å². The van der Waals surface area contributed by atoms with Crippen LogP contribution in [0.4, 0.5) is 0 Å². The number of thiol groups is 1. The summed E-state index contributed by atoms with van der Waals surface area (Å²) in [6.07, 6.45) is 0. The van der Waals surface area contributed by atoms with Gasteiger partial charge in [-0.15, -0.1) is 12.6 Å². The molecule has 0 atom stereocenters. The van der Waals surface area contributed by atoms with Crippen LogP contribution in [-0.2, 0) is 6.54 Å². The molecule has 1 heterocycles. The lowest BCUT2D eigenvalue weighted by atomic mass is 10.2. The van der Waals surface area contributed by atoms with E-state index in [0.29, 0.717) is 0 Å². The van der Waals surface area contributed by atoms with Crippen LogP contribution < -0.4 is 0 Å². The van der Waals surface area contributed by atoms with Crippen LogP contribution in [0.15, 0.2) is 29.2 Å². The topological polar surface area (TPSA) is 6.48 Å². The van der Waals surface area contributed by atoms with Gasteiger partial charge in [0.15, 0.2) is 0 Å². The molecule has 1 aliphatic rings. The van der Waals surface area contributed by atoms with Gasteiger partial charge in [-0.2, -0.15) is 0 Å². The minimum Gasteiger partial charge on any atom is -0.304 e. The van der Waals surface area contributed by atoms with E-state index in [4.69, 9.17) is 0 Å². The normalized spacial score (nSPS) is 19.3. The highest BCUT2D eigenvalue weighted by atomic mass is 32.1. The quantitative estimate of drug-likeness (QED) is 0.761. The lowest BCUT2D eigenvalue weighted by Gasteiger charge is -2.32. The highest BCUT2D eigenvalue weighted by Crippen LogP contribution is 2.15. The molecule has 1 saturated heterocycles. The average molecular weight is 222 g/mol. The number of hydrogen-bond donors (Lipinski definition) is 1. The number of nitrogens with zero attached hydrogens (tertiary/aromatic N) is 2. The van der Waals surface area contributed by atoms with Crippen molar-refractivity contribution in [2.75, 3.05) is 33.2 Å². The number of piperazine rings is 1. The van der Waals surface area contributed by atoms with Crippen molar-refractivity contribution in [2.45, 2.75) is 11.4 Å². The molecule has 1 aromatic carbocycles. The molecule has 0 spiro atoms. The molecule has 2 nitrogen and oxygen atoms in total. The van der Waals surface area contributed by atoms with Crippen LogP contribution in [0.5, 0.6) is 0 Å². The van der Waals surface area contributed by atoms with Gasteiger partial charge in [-0.3, -0.25) is 4.90 Å². The number of likely N-dealkylation sites (N-methyl/N-ethyl adjacent to an activating group) is 1. The maximum atomic E-state index is 4.48. The Morgan fingerprint density at radius 2 is 1.80 bits per heavy atom. The zero-order valence-electron chi connectivity index (χ0n) is 9.19. The molecule has 1 fully saturated rings. The van der Waals surface area contributed by atoms with Crippen LogP contribution >= 0.6 is 12.6 Å². The molecule has 0 bridgehead atoms. The third-order valence-corrected chi connectivity index (χ3v) is 3.42.